The van der Waals surface area contributed by atoms with Crippen LogP contribution in [0.4, 0.5) is 5.69 Å². The second-order valence-corrected chi connectivity index (χ2v) is 7.60. The summed E-state index contributed by atoms with van der Waals surface area (Å²) in [4.78, 5) is 23.1. The monoisotopic (exact) mass is 463 g/mol. The second kappa shape index (κ2) is 9.18. The average Bonchev–Trinajstić information content (AvgIpc) is 3.14. The highest BCUT2D eigenvalue weighted by atomic mass is 35.5. The van der Waals surface area contributed by atoms with E-state index >= 15 is 0 Å². The molecule has 158 valence electrons. The van der Waals surface area contributed by atoms with Crippen LogP contribution in [0.5, 0.6) is 0 Å². The Hall–Kier alpha value is -3.74. The topological polar surface area (TPSA) is 78.0 Å². The molecule has 0 atom stereocenters. The molecule has 4 rings (SSSR count). The number of nitro groups is 1. The number of nitrogens with zero attached hydrogens (tertiary/aromatic N) is 3. The molecule has 0 amide bonds. The first kappa shape index (κ1) is 21.5. The van der Waals surface area contributed by atoms with Gasteiger partial charge in [-0.3, -0.25) is 14.9 Å². The van der Waals surface area contributed by atoms with Crippen molar-refractivity contribution < 1.29 is 9.72 Å². The average molecular weight is 464 g/mol. The van der Waals surface area contributed by atoms with Crippen molar-refractivity contribution >= 4 is 40.7 Å². The first-order chi connectivity index (χ1) is 15.4. The van der Waals surface area contributed by atoms with Gasteiger partial charge in [-0.1, -0.05) is 41.4 Å². The van der Waals surface area contributed by atoms with Gasteiger partial charge in [0.05, 0.1) is 10.6 Å². The van der Waals surface area contributed by atoms with Crippen LogP contribution in [0.15, 0.2) is 84.9 Å². The summed E-state index contributed by atoms with van der Waals surface area (Å²) in [6.07, 6.45) is 3.01. The normalized spacial score (nSPS) is 11.1. The molecule has 0 bridgehead atoms. The molecule has 0 saturated carbocycles. The van der Waals surface area contributed by atoms with Gasteiger partial charge in [0.25, 0.3) is 5.69 Å². The predicted octanol–water partition coefficient (Wildman–Crippen LogP) is 6.65. The zero-order valence-corrected chi connectivity index (χ0v) is 18.0. The molecule has 8 heteroatoms. The SMILES string of the molecule is O=C(/C=C/c1c(-c2ccc([N+](=O)[O-])cc2)nn(-c2ccccc2)c1Cl)c1ccc(Cl)cc1. The Morgan fingerprint density at radius 3 is 2.22 bits per heavy atom. The molecule has 4 aromatic rings. The molecule has 32 heavy (non-hydrogen) atoms. The number of aromatic nitrogens is 2. The van der Waals surface area contributed by atoms with Crippen molar-refractivity contribution in [3.05, 3.63) is 116 Å². The van der Waals surface area contributed by atoms with Crippen LogP contribution in [0.25, 0.3) is 23.0 Å². The summed E-state index contributed by atoms with van der Waals surface area (Å²) in [5, 5.41) is 16.5. The van der Waals surface area contributed by atoms with E-state index in [1.165, 1.54) is 18.2 Å². The number of ketones is 1. The molecular weight excluding hydrogens is 449 g/mol. The molecular formula is C24H15Cl2N3O3. The maximum Gasteiger partial charge on any atom is 0.269 e. The number of carbonyl (C=O) groups excluding carboxylic acids is 1. The van der Waals surface area contributed by atoms with Gasteiger partial charge in [0.15, 0.2) is 5.78 Å². The fraction of sp³-hybridized carbons (Fsp3) is 0. The van der Waals surface area contributed by atoms with Crippen LogP contribution in [-0.4, -0.2) is 20.5 Å². The van der Waals surface area contributed by atoms with Crippen LogP contribution < -0.4 is 0 Å². The fourth-order valence-electron chi connectivity index (χ4n) is 3.12. The van der Waals surface area contributed by atoms with Gasteiger partial charge in [-0.25, -0.2) is 4.68 Å². The maximum absolute atomic E-state index is 12.6. The van der Waals surface area contributed by atoms with Crippen molar-refractivity contribution in [2.75, 3.05) is 0 Å². The first-order valence-electron chi connectivity index (χ1n) is 9.51. The minimum absolute atomic E-state index is 0.0302. The lowest BCUT2D eigenvalue weighted by Gasteiger charge is -2.01. The van der Waals surface area contributed by atoms with Gasteiger partial charge in [0.2, 0.25) is 0 Å². The van der Waals surface area contributed by atoms with Crippen molar-refractivity contribution in [2.45, 2.75) is 0 Å². The van der Waals surface area contributed by atoms with E-state index in [2.05, 4.69) is 5.10 Å². The summed E-state index contributed by atoms with van der Waals surface area (Å²) in [6, 6.07) is 21.9. The third kappa shape index (κ3) is 4.46. The number of hydrogen-bond acceptors (Lipinski definition) is 4. The Morgan fingerprint density at radius 2 is 1.59 bits per heavy atom. The first-order valence-corrected chi connectivity index (χ1v) is 10.3. The van der Waals surface area contributed by atoms with E-state index in [-0.39, 0.29) is 11.5 Å². The summed E-state index contributed by atoms with van der Waals surface area (Å²) in [6.45, 7) is 0. The molecule has 3 aromatic carbocycles. The Labute approximate surface area is 193 Å². The largest absolute Gasteiger partial charge is 0.289 e. The Morgan fingerprint density at radius 1 is 0.938 bits per heavy atom. The zero-order valence-electron chi connectivity index (χ0n) is 16.5. The Balaban J connectivity index is 1.78. The van der Waals surface area contributed by atoms with E-state index < -0.39 is 4.92 Å². The lowest BCUT2D eigenvalue weighted by molar-refractivity contribution is -0.384. The number of hydrogen-bond donors (Lipinski definition) is 0. The van der Waals surface area contributed by atoms with Crippen LogP contribution in [0.2, 0.25) is 10.2 Å². The Kier molecular flexibility index (Phi) is 6.16. The van der Waals surface area contributed by atoms with Crippen LogP contribution in [0.3, 0.4) is 0 Å². The van der Waals surface area contributed by atoms with Gasteiger partial charge in [-0.15, -0.1) is 0 Å². The van der Waals surface area contributed by atoms with Gasteiger partial charge in [-0.05, 0) is 60.7 Å². The lowest BCUT2D eigenvalue weighted by atomic mass is 10.1. The summed E-state index contributed by atoms with van der Waals surface area (Å²) in [5.74, 6) is -0.222. The van der Waals surface area contributed by atoms with E-state index in [0.29, 0.717) is 32.6 Å². The molecule has 0 saturated heterocycles. The molecule has 0 radical (unpaired) electrons. The van der Waals surface area contributed by atoms with E-state index in [1.54, 1.807) is 47.2 Å². The zero-order chi connectivity index (χ0) is 22.7. The van der Waals surface area contributed by atoms with E-state index in [0.717, 1.165) is 5.69 Å². The molecule has 0 fully saturated rings. The number of para-hydroxylation sites is 1. The third-order valence-corrected chi connectivity index (χ3v) is 5.36. The van der Waals surface area contributed by atoms with Crippen molar-refractivity contribution in [1.82, 2.24) is 9.78 Å². The summed E-state index contributed by atoms with van der Waals surface area (Å²) < 4.78 is 1.56. The van der Waals surface area contributed by atoms with E-state index in [9.17, 15) is 14.9 Å². The molecule has 0 aliphatic heterocycles. The van der Waals surface area contributed by atoms with Gasteiger partial charge in [-0.2, -0.15) is 5.10 Å². The van der Waals surface area contributed by atoms with Crippen molar-refractivity contribution in [3.8, 4) is 16.9 Å². The van der Waals surface area contributed by atoms with E-state index in [1.807, 2.05) is 30.3 Å². The molecule has 1 heterocycles. The number of nitro benzene ring substituents is 1. The van der Waals surface area contributed by atoms with Gasteiger partial charge in [0, 0.05) is 33.8 Å². The molecule has 0 N–H and O–H groups in total. The smallest absolute Gasteiger partial charge is 0.269 e. The molecule has 0 spiro atoms. The highest BCUT2D eigenvalue weighted by molar-refractivity contribution is 6.32. The summed E-state index contributed by atoms with van der Waals surface area (Å²) in [5.41, 5.74) is 2.84. The van der Waals surface area contributed by atoms with Crippen molar-refractivity contribution in [3.63, 3.8) is 0 Å². The van der Waals surface area contributed by atoms with Crippen LogP contribution in [0.1, 0.15) is 15.9 Å². The van der Waals surface area contributed by atoms with Crippen LogP contribution >= 0.6 is 23.2 Å². The molecule has 6 nitrogen and oxygen atoms in total. The molecule has 1 aromatic heterocycles. The van der Waals surface area contributed by atoms with E-state index in [4.69, 9.17) is 23.2 Å². The van der Waals surface area contributed by atoms with Gasteiger partial charge in [0.1, 0.15) is 10.8 Å². The predicted molar refractivity (Wildman–Crippen MR) is 125 cm³/mol. The van der Waals surface area contributed by atoms with Gasteiger partial charge < -0.3 is 0 Å². The highest BCUT2D eigenvalue weighted by Crippen LogP contribution is 2.33. The molecule has 0 aliphatic rings. The lowest BCUT2D eigenvalue weighted by Crippen LogP contribution is -1.96. The summed E-state index contributed by atoms with van der Waals surface area (Å²) in [7, 11) is 0. The van der Waals surface area contributed by atoms with Crippen molar-refractivity contribution in [1.29, 1.82) is 0 Å². The number of non-ortho nitro benzene ring substituents is 1. The van der Waals surface area contributed by atoms with Crippen molar-refractivity contribution in [2.24, 2.45) is 0 Å². The summed E-state index contributed by atoms with van der Waals surface area (Å²) >= 11 is 12.5. The quantitative estimate of drug-likeness (QED) is 0.139. The number of carbonyl (C=O) groups is 1. The number of allylic oxidation sites excluding steroid dienone is 1. The highest BCUT2D eigenvalue weighted by Gasteiger charge is 2.18. The number of rotatable bonds is 6. The number of halogens is 2. The number of benzene rings is 3. The van der Waals surface area contributed by atoms with Crippen LogP contribution in [0, 0.1) is 10.1 Å². The maximum atomic E-state index is 12.6. The second-order valence-electron chi connectivity index (χ2n) is 6.81. The third-order valence-electron chi connectivity index (χ3n) is 4.75. The standard InChI is InChI=1S/C24H15Cl2N3O3/c25-18-10-6-16(7-11-18)22(30)15-14-21-23(17-8-12-20(13-9-17)29(31)32)27-28(24(21)26)19-4-2-1-3-5-19/h1-15H/b15-14+. The minimum Gasteiger partial charge on any atom is -0.289 e. The minimum atomic E-state index is -0.467. The molecule has 0 aliphatic carbocycles. The molecule has 0 unspecified atom stereocenters. The van der Waals surface area contributed by atoms with Crippen LogP contribution in [-0.2, 0) is 0 Å². The fourth-order valence-corrected chi connectivity index (χ4v) is 3.54. The Bertz CT molecular complexity index is 1310. The van der Waals surface area contributed by atoms with Gasteiger partial charge >= 0.3 is 0 Å².